The average Bonchev–Trinajstić information content (AvgIpc) is 2.13. The molecule has 0 atom stereocenters. The number of aromatic nitrogens is 1. The van der Waals surface area contributed by atoms with Crippen LogP contribution in [-0.2, 0) is 0 Å². The standard InChI is InChI=1S/C9H14Cl2N4/c1-15(2)4-3-13-9-7(11)5-6(10)8(12)14-9/h5H,3-4H2,1-2H3,(H3,12,13,14). The molecule has 0 spiro atoms. The monoisotopic (exact) mass is 248 g/mol. The van der Waals surface area contributed by atoms with Crippen molar-refractivity contribution in [3.05, 3.63) is 16.1 Å². The van der Waals surface area contributed by atoms with Gasteiger partial charge in [-0.2, -0.15) is 0 Å². The number of nitrogens with one attached hydrogen (secondary N) is 1. The fourth-order valence-electron chi connectivity index (χ4n) is 1.00. The van der Waals surface area contributed by atoms with Gasteiger partial charge >= 0.3 is 0 Å². The van der Waals surface area contributed by atoms with E-state index in [1.807, 2.05) is 14.1 Å². The molecule has 0 aliphatic rings. The number of nitrogen functional groups attached to an aromatic ring is 1. The molecular weight excluding hydrogens is 235 g/mol. The van der Waals surface area contributed by atoms with Gasteiger partial charge in [0.1, 0.15) is 11.6 Å². The van der Waals surface area contributed by atoms with Crippen LogP contribution in [-0.4, -0.2) is 37.1 Å². The van der Waals surface area contributed by atoms with E-state index in [1.54, 1.807) is 6.07 Å². The Labute approximate surface area is 99.4 Å². The molecule has 0 aliphatic heterocycles. The van der Waals surface area contributed by atoms with Crippen LogP contribution in [0.1, 0.15) is 0 Å². The summed E-state index contributed by atoms with van der Waals surface area (Å²) in [6.07, 6.45) is 0. The Kier molecular flexibility index (Phi) is 4.45. The highest BCUT2D eigenvalue weighted by molar-refractivity contribution is 6.37. The van der Waals surface area contributed by atoms with E-state index in [4.69, 9.17) is 28.9 Å². The topological polar surface area (TPSA) is 54.2 Å². The molecule has 1 rings (SSSR count). The summed E-state index contributed by atoms with van der Waals surface area (Å²) in [6.45, 7) is 1.64. The summed E-state index contributed by atoms with van der Waals surface area (Å²) in [7, 11) is 3.99. The zero-order chi connectivity index (χ0) is 11.4. The van der Waals surface area contributed by atoms with Crippen LogP contribution < -0.4 is 11.1 Å². The summed E-state index contributed by atoms with van der Waals surface area (Å²) in [6, 6.07) is 1.59. The van der Waals surface area contributed by atoms with Crippen molar-refractivity contribution in [2.45, 2.75) is 0 Å². The number of pyridine rings is 1. The molecule has 84 valence electrons. The number of rotatable bonds is 4. The second-order valence-corrected chi connectivity index (χ2v) is 4.23. The Morgan fingerprint density at radius 1 is 1.40 bits per heavy atom. The van der Waals surface area contributed by atoms with Gasteiger partial charge < -0.3 is 16.0 Å². The Bertz CT molecular complexity index is 341. The quantitative estimate of drug-likeness (QED) is 0.856. The lowest BCUT2D eigenvalue weighted by Gasteiger charge is -2.12. The number of nitrogens with two attached hydrogens (primary N) is 1. The van der Waals surface area contributed by atoms with Crippen molar-refractivity contribution in [2.75, 3.05) is 38.2 Å². The second kappa shape index (κ2) is 5.39. The van der Waals surface area contributed by atoms with Gasteiger partial charge in [0.25, 0.3) is 0 Å². The molecule has 0 amide bonds. The van der Waals surface area contributed by atoms with Gasteiger partial charge in [-0.25, -0.2) is 4.98 Å². The highest BCUT2D eigenvalue weighted by Crippen LogP contribution is 2.26. The van der Waals surface area contributed by atoms with Crippen LogP contribution in [0.5, 0.6) is 0 Å². The number of anilines is 2. The van der Waals surface area contributed by atoms with Gasteiger partial charge in [0.05, 0.1) is 10.0 Å². The SMILES string of the molecule is CN(C)CCNc1nc(N)c(Cl)cc1Cl. The van der Waals surface area contributed by atoms with Crippen molar-refractivity contribution in [1.82, 2.24) is 9.88 Å². The van der Waals surface area contributed by atoms with E-state index in [9.17, 15) is 0 Å². The van der Waals surface area contributed by atoms with E-state index < -0.39 is 0 Å². The first-order valence-corrected chi connectivity index (χ1v) is 5.26. The fraction of sp³-hybridized carbons (Fsp3) is 0.444. The summed E-state index contributed by atoms with van der Waals surface area (Å²) >= 11 is 11.7. The van der Waals surface area contributed by atoms with Crippen molar-refractivity contribution >= 4 is 34.8 Å². The highest BCUT2D eigenvalue weighted by atomic mass is 35.5. The third kappa shape index (κ3) is 3.74. The predicted molar refractivity (Wildman–Crippen MR) is 65.7 cm³/mol. The smallest absolute Gasteiger partial charge is 0.147 e. The van der Waals surface area contributed by atoms with E-state index >= 15 is 0 Å². The minimum atomic E-state index is 0.286. The van der Waals surface area contributed by atoms with E-state index in [0.717, 1.165) is 13.1 Å². The first-order valence-electron chi connectivity index (χ1n) is 4.51. The zero-order valence-electron chi connectivity index (χ0n) is 8.72. The van der Waals surface area contributed by atoms with Gasteiger partial charge in [-0.1, -0.05) is 23.2 Å². The molecular formula is C9H14Cl2N4. The fourth-order valence-corrected chi connectivity index (χ4v) is 1.43. The molecule has 4 nitrogen and oxygen atoms in total. The van der Waals surface area contributed by atoms with Gasteiger partial charge in [0.15, 0.2) is 0 Å². The van der Waals surface area contributed by atoms with Gasteiger partial charge in [-0.15, -0.1) is 0 Å². The lowest BCUT2D eigenvalue weighted by Crippen LogP contribution is -2.21. The van der Waals surface area contributed by atoms with Crippen LogP contribution in [0.3, 0.4) is 0 Å². The molecule has 1 heterocycles. The normalized spacial score (nSPS) is 10.7. The van der Waals surface area contributed by atoms with E-state index in [2.05, 4.69) is 15.2 Å². The highest BCUT2D eigenvalue weighted by Gasteiger charge is 2.06. The Morgan fingerprint density at radius 2 is 2.07 bits per heavy atom. The zero-order valence-corrected chi connectivity index (χ0v) is 10.2. The number of hydrogen-bond acceptors (Lipinski definition) is 4. The summed E-state index contributed by atoms with van der Waals surface area (Å²) in [5, 5.41) is 3.94. The predicted octanol–water partition coefficient (Wildman–Crippen LogP) is 1.94. The average molecular weight is 249 g/mol. The first kappa shape index (κ1) is 12.4. The molecule has 0 radical (unpaired) electrons. The summed E-state index contributed by atoms with van der Waals surface area (Å²) in [5.74, 6) is 0.855. The lowest BCUT2D eigenvalue weighted by molar-refractivity contribution is 0.425. The minimum Gasteiger partial charge on any atom is -0.382 e. The Morgan fingerprint density at radius 3 is 2.67 bits per heavy atom. The molecule has 3 N–H and O–H groups in total. The number of likely N-dealkylation sites (N-methyl/N-ethyl adjacent to an activating group) is 1. The van der Waals surface area contributed by atoms with Gasteiger partial charge in [-0.05, 0) is 20.2 Å². The van der Waals surface area contributed by atoms with Crippen molar-refractivity contribution in [2.24, 2.45) is 0 Å². The third-order valence-corrected chi connectivity index (χ3v) is 2.40. The van der Waals surface area contributed by atoms with Crippen LogP contribution in [0.2, 0.25) is 10.0 Å². The Balaban J connectivity index is 2.65. The van der Waals surface area contributed by atoms with Gasteiger partial charge in [-0.3, -0.25) is 0 Å². The molecule has 0 aliphatic carbocycles. The molecule has 1 aromatic heterocycles. The lowest BCUT2D eigenvalue weighted by atomic mass is 10.4. The Hall–Kier alpha value is -0.710. The third-order valence-electron chi connectivity index (χ3n) is 1.81. The molecule has 6 heteroatoms. The summed E-state index contributed by atoms with van der Waals surface area (Å²) in [4.78, 5) is 6.11. The van der Waals surface area contributed by atoms with Crippen molar-refractivity contribution in [3.63, 3.8) is 0 Å². The molecule has 0 saturated heterocycles. The minimum absolute atomic E-state index is 0.286. The number of nitrogens with zero attached hydrogens (tertiary/aromatic N) is 2. The molecule has 0 fully saturated rings. The number of halogens is 2. The molecule has 0 saturated carbocycles. The first-order chi connectivity index (χ1) is 7.00. The number of hydrogen-bond donors (Lipinski definition) is 2. The molecule has 1 aromatic rings. The summed E-state index contributed by atoms with van der Waals surface area (Å²) in [5.41, 5.74) is 5.57. The van der Waals surface area contributed by atoms with Crippen LogP contribution in [0.25, 0.3) is 0 Å². The molecule has 0 aromatic carbocycles. The van der Waals surface area contributed by atoms with Crippen molar-refractivity contribution in [3.8, 4) is 0 Å². The molecule has 0 unspecified atom stereocenters. The maximum absolute atomic E-state index is 5.94. The van der Waals surface area contributed by atoms with Gasteiger partial charge in [0, 0.05) is 13.1 Å². The van der Waals surface area contributed by atoms with Crippen LogP contribution in [0.4, 0.5) is 11.6 Å². The van der Waals surface area contributed by atoms with E-state index in [-0.39, 0.29) is 5.82 Å². The van der Waals surface area contributed by atoms with Crippen LogP contribution in [0, 0.1) is 0 Å². The van der Waals surface area contributed by atoms with E-state index in [1.165, 1.54) is 0 Å². The maximum atomic E-state index is 5.94. The maximum Gasteiger partial charge on any atom is 0.147 e. The van der Waals surface area contributed by atoms with Crippen LogP contribution >= 0.6 is 23.2 Å². The van der Waals surface area contributed by atoms with Crippen molar-refractivity contribution < 1.29 is 0 Å². The molecule has 0 bridgehead atoms. The van der Waals surface area contributed by atoms with E-state index in [0.29, 0.717) is 15.9 Å². The largest absolute Gasteiger partial charge is 0.382 e. The van der Waals surface area contributed by atoms with Crippen molar-refractivity contribution in [1.29, 1.82) is 0 Å². The molecule has 15 heavy (non-hydrogen) atoms. The second-order valence-electron chi connectivity index (χ2n) is 3.42. The van der Waals surface area contributed by atoms with Crippen LogP contribution in [0.15, 0.2) is 6.07 Å². The van der Waals surface area contributed by atoms with Gasteiger partial charge in [0.2, 0.25) is 0 Å². The summed E-state index contributed by atoms with van der Waals surface area (Å²) < 4.78 is 0.